The second-order valence-corrected chi connectivity index (χ2v) is 7.61. The smallest absolute Gasteiger partial charge is 0.378 e. The van der Waals surface area contributed by atoms with Gasteiger partial charge in [-0.15, -0.1) is 0 Å². The lowest BCUT2D eigenvalue weighted by Gasteiger charge is -2.24. The summed E-state index contributed by atoms with van der Waals surface area (Å²) in [5.74, 6) is -7.21. The van der Waals surface area contributed by atoms with Crippen molar-refractivity contribution in [2.75, 3.05) is 6.61 Å². The van der Waals surface area contributed by atoms with Crippen LogP contribution in [0.4, 0.5) is 22.0 Å². The quantitative estimate of drug-likeness (QED) is 0.181. The van der Waals surface area contributed by atoms with Gasteiger partial charge in [-0.1, -0.05) is 64.2 Å². The monoisotopic (exact) mass is 400 g/mol. The Bertz CT molecular complexity index is 392. The predicted octanol–water partition coefficient (Wildman–Crippen LogP) is 6.86. The Labute approximate surface area is 159 Å². The summed E-state index contributed by atoms with van der Waals surface area (Å²) >= 11 is 0. The van der Waals surface area contributed by atoms with Crippen LogP contribution in [0.25, 0.3) is 0 Å². The summed E-state index contributed by atoms with van der Waals surface area (Å²) in [6, 6.07) is 0. The highest BCUT2D eigenvalue weighted by molar-refractivity contribution is 5.55. The van der Waals surface area contributed by atoms with Gasteiger partial charge in [-0.3, -0.25) is 0 Å². The van der Waals surface area contributed by atoms with Crippen LogP contribution in [0.2, 0.25) is 0 Å². The van der Waals surface area contributed by atoms with E-state index in [1.54, 1.807) is 0 Å². The molecule has 27 heavy (non-hydrogen) atoms. The van der Waals surface area contributed by atoms with Crippen molar-refractivity contribution in [1.29, 1.82) is 0 Å². The largest absolute Gasteiger partial charge is 0.454 e. The van der Waals surface area contributed by atoms with Crippen LogP contribution in [0.1, 0.15) is 89.9 Å². The maximum Gasteiger partial charge on any atom is 0.454 e. The van der Waals surface area contributed by atoms with E-state index in [0.29, 0.717) is 12.5 Å². The number of ether oxygens (including phenoxy) is 1. The van der Waals surface area contributed by atoms with Crippen LogP contribution in [0.5, 0.6) is 0 Å². The topological polar surface area (TPSA) is 26.3 Å². The second kappa shape index (κ2) is 12.7. The van der Waals surface area contributed by atoms with E-state index in [0.717, 1.165) is 45.1 Å². The second-order valence-electron chi connectivity index (χ2n) is 7.61. The van der Waals surface area contributed by atoms with Crippen LogP contribution in [0, 0.1) is 5.92 Å². The fourth-order valence-electron chi connectivity index (χ4n) is 3.55. The molecule has 1 unspecified atom stereocenters. The van der Waals surface area contributed by atoms with Crippen LogP contribution in [0.15, 0.2) is 0 Å². The van der Waals surface area contributed by atoms with Gasteiger partial charge in [0.15, 0.2) is 0 Å². The third-order valence-electron chi connectivity index (χ3n) is 5.32. The Kier molecular flexibility index (Phi) is 11.4. The van der Waals surface area contributed by atoms with Crippen molar-refractivity contribution in [1.82, 2.24) is 0 Å². The van der Waals surface area contributed by atoms with Gasteiger partial charge in [0, 0.05) is 6.61 Å². The van der Waals surface area contributed by atoms with Crippen LogP contribution in [-0.2, 0) is 9.53 Å². The van der Waals surface area contributed by atoms with Crippen molar-refractivity contribution in [3.05, 3.63) is 0 Å². The molecule has 2 nitrogen and oxygen atoms in total. The fraction of sp³-hybridized carbons (Fsp3) is 0.950. The highest BCUT2D eigenvalue weighted by Crippen LogP contribution is 2.42. The van der Waals surface area contributed by atoms with Gasteiger partial charge in [0.1, 0.15) is 6.29 Å². The van der Waals surface area contributed by atoms with Crippen LogP contribution in [0.3, 0.4) is 0 Å². The van der Waals surface area contributed by atoms with Crippen molar-refractivity contribution in [2.45, 2.75) is 108 Å². The van der Waals surface area contributed by atoms with E-state index in [9.17, 15) is 26.7 Å². The molecule has 0 saturated heterocycles. The summed E-state index contributed by atoms with van der Waals surface area (Å²) in [4.78, 5) is 10.6. The van der Waals surface area contributed by atoms with Gasteiger partial charge < -0.3 is 9.53 Å². The van der Waals surface area contributed by atoms with Crippen LogP contribution < -0.4 is 0 Å². The first kappa shape index (κ1) is 24.3. The molecular formula is C20H33F5O2. The molecule has 1 rings (SSSR count). The molecule has 0 aromatic rings. The normalized spacial score (nSPS) is 17.8. The van der Waals surface area contributed by atoms with Crippen molar-refractivity contribution < 1.29 is 31.5 Å². The van der Waals surface area contributed by atoms with E-state index in [-0.39, 0.29) is 12.7 Å². The molecule has 0 spiro atoms. The van der Waals surface area contributed by atoms with E-state index >= 15 is 0 Å². The molecule has 0 radical (unpaired) electrons. The average Bonchev–Trinajstić information content (AvgIpc) is 2.62. The fourth-order valence-corrected chi connectivity index (χ4v) is 3.55. The first-order chi connectivity index (χ1) is 12.8. The van der Waals surface area contributed by atoms with Gasteiger partial charge in [0.25, 0.3) is 0 Å². The highest BCUT2D eigenvalue weighted by atomic mass is 19.4. The molecule has 0 aromatic carbocycles. The lowest BCUT2D eigenvalue weighted by atomic mass is 9.95. The summed E-state index contributed by atoms with van der Waals surface area (Å²) in [5.41, 5.74) is 0. The molecule has 1 aliphatic carbocycles. The molecule has 0 aromatic heterocycles. The molecule has 7 heteroatoms. The Morgan fingerprint density at radius 2 is 1.33 bits per heavy atom. The lowest BCUT2D eigenvalue weighted by molar-refractivity contribution is -0.297. The summed E-state index contributed by atoms with van der Waals surface area (Å²) in [7, 11) is 0. The molecule has 1 saturated carbocycles. The van der Waals surface area contributed by atoms with E-state index in [4.69, 9.17) is 4.74 Å². The standard InChI is InChI=1S/C20H33F5O2/c21-19(22,20(23,24)25)17(16-26)12-8-5-3-1-2-4-6-11-15-27-18-13-9-7-10-14-18/h16-18H,1-15H2. The van der Waals surface area contributed by atoms with Crippen LogP contribution >= 0.6 is 0 Å². The first-order valence-electron chi connectivity index (χ1n) is 10.3. The highest BCUT2D eigenvalue weighted by Gasteiger charge is 2.61. The van der Waals surface area contributed by atoms with Gasteiger partial charge >= 0.3 is 12.1 Å². The van der Waals surface area contributed by atoms with Crippen molar-refractivity contribution in [2.24, 2.45) is 5.92 Å². The number of carbonyl (C=O) groups is 1. The summed E-state index contributed by atoms with van der Waals surface area (Å²) < 4.78 is 68.9. The Morgan fingerprint density at radius 1 is 0.815 bits per heavy atom. The number of aldehydes is 1. The Balaban J connectivity index is 1.95. The van der Waals surface area contributed by atoms with E-state index in [2.05, 4.69) is 0 Å². The van der Waals surface area contributed by atoms with Crippen molar-refractivity contribution in [3.8, 4) is 0 Å². The SMILES string of the molecule is O=CC(CCCCCCCCCCOC1CCCCC1)C(F)(F)C(F)(F)F. The average molecular weight is 400 g/mol. The number of halogens is 5. The first-order valence-corrected chi connectivity index (χ1v) is 10.3. The van der Waals surface area contributed by atoms with Gasteiger partial charge in [0.05, 0.1) is 12.0 Å². The molecule has 0 N–H and O–H groups in total. The molecule has 1 fully saturated rings. The zero-order valence-corrected chi connectivity index (χ0v) is 16.0. The van der Waals surface area contributed by atoms with Gasteiger partial charge in [-0.05, 0) is 25.7 Å². The minimum Gasteiger partial charge on any atom is -0.378 e. The van der Waals surface area contributed by atoms with Gasteiger partial charge in [0.2, 0.25) is 0 Å². The maximum absolute atomic E-state index is 13.1. The third-order valence-corrected chi connectivity index (χ3v) is 5.32. The summed E-state index contributed by atoms with van der Waals surface area (Å²) in [5, 5.41) is 0. The van der Waals surface area contributed by atoms with Crippen LogP contribution in [-0.4, -0.2) is 31.1 Å². The molecule has 0 bridgehead atoms. The summed E-state index contributed by atoms with van der Waals surface area (Å²) in [6.07, 6.45) is 7.08. The van der Waals surface area contributed by atoms with E-state index < -0.39 is 24.4 Å². The maximum atomic E-state index is 13.1. The lowest BCUT2D eigenvalue weighted by Crippen LogP contribution is -2.44. The third kappa shape index (κ3) is 9.35. The van der Waals surface area contributed by atoms with E-state index in [1.165, 1.54) is 32.1 Å². The van der Waals surface area contributed by atoms with Gasteiger partial charge in [-0.2, -0.15) is 22.0 Å². The summed E-state index contributed by atoms with van der Waals surface area (Å²) in [6.45, 7) is 0.811. The van der Waals surface area contributed by atoms with E-state index in [1.807, 2.05) is 0 Å². The number of hydrogen-bond acceptors (Lipinski definition) is 2. The minimum absolute atomic E-state index is 0.213. The number of carbonyl (C=O) groups excluding carboxylic acids is 1. The molecular weight excluding hydrogens is 367 g/mol. The van der Waals surface area contributed by atoms with Crippen molar-refractivity contribution >= 4 is 6.29 Å². The number of unbranched alkanes of at least 4 members (excludes halogenated alkanes) is 7. The van der Waals surface area contributed by atoms with Gasteiger partial charge in [-0.25, -0.2) is 0 Å². The van der Waals surface area contributed by atoms with Crippen molar-refractivity contribution in [3.63, 3.8) is 0 Å². The molecule has 160 valence electrons. The predicted molar refractivity (Wildman–Crippen MR) is 94.9 cm³/mol. The molecule has 0 aliphatic heterocycles. The molecule has 0 heterocycles. The Morgan fingerprint density at radius 3 is 1.85 bits per heavy atom. The zero-order chi connectivity index (χ0) is 20.2. The molecule has 0 amide bonds. The molecule has 1 atom stereocenters. The number of alkyl halides is 5. The minimum atomic E-state index is -5.67. The molecule has 1 aliphatic rings. The number of rotatable bonds is 14. The zero-order valence-electron chi connectivity index (χ0n) is 16.0. The number of hydrogen-bond donors (Lipinski definition) is 0. The Hall–Kier alpha value is -0.720.